The summed E-state index contributed by atoms with van der Waals surface area (Å²) in [5.74, 6) is 0. The first-order valence-corrected chi connectivity index (χ1v) is 10.7. The van der Waals surface area contributed by atoms with Crippen molar-refractivity contribution in [3.8, 4) is 0 Å². The van der Waals surface area contributed by atoms with Crippen LogP contribution in [0.15, 0.2) is 76.7 Å². The first-order chi connectivity index (χ1) is 13.6. The lowest BCUT2D eigenvalue weighted by Gasteiger charge is -2.24. The molecule has 0 amide bonds. The standard InChI is InChI=1S/C21H17F3N2O2S/c1-29(27,28)18-10-8-17(9-11-18)26-19(13-20(25-26)21(22,23)24)16-7-6-14-4-2-3-5-15(14)12-16/h2-12,19H,13H2,1H3. The number of benzene rings is 3. The van der Waals surface area contributed by atoms with E-state index in [0.717, 1.165) is 17.0 Å². The highest BCUT2D eigenvalue weighted by Crippen LogP contribution is 2.40. The van der Waals surface area contributed by atoms with Gasteiger partial charge in [0.25, 0.3) is 0 Å². The number of rotatable bonds is 3. The highest BCUT2D eigenvalue weighted by atomic mass is 32.2. The van der Waals surface area contributed by atoms with E-state index < -0.39 is 27.8 Å². The van der Waals surface area contributed by atoms with Crippen LogP contribution in [0.4, 0.5) is 18.9 Å². The van der Waals surface area contributed by atoms with Crippen LogP contribution >= 0.6 is 0 Å². The Kier molecular flexibility index (Phi) is 4.61. The van der Waals surface area contributed by atoms with E-state index in [1.54, 1.807) is 6.07 Å². The van der Waals surface area contributed by atoms with E-state index in [2.05, 4.69) is 5.10 Å². The SMILES string of the molecule is CS(=O)(=O)c1ccc(N2N=C(C(F)(F)F)CC2c2ccc3ccccc3c2)cc1. The molecular formula is C21H17F3N2O2S. The zero-order valence-electron chi connectivity index (χ0n) is 15.4. The molecule has 3 aromatic carbocycles. The molecule has 4 nitrogen and oxygen atoms in total. The number of hydrogen-bond acceptors (Lipinski definition) is 4. The highest BCUT2D eigenvalue weighted by molar-refractivity contribution is 7.90. The van der Waals surface area contributed by atoms with Crippen LogP contribution in [-0.4, -0.2) is 26.6 Å². The lowest BCUT2D eigenvalue weighted by atomic mass is 9.98. The minimum Gasteiger partial charge on any atom is -0.257 e. The number of anilines is 1. The van der Waals surface area contributed by atoms with Crippen LogP contribution in [-0.2, 0) is 9.84 Å². The van der Waals surface area contributed by atoms with Crippen LogP contribution in [0.2, 0.25) is 0 Å². The van der Waals surface area contributed by atoms with Gasteiger partial charge in [-0.1, -0.05) is 36.4 Å². The number of fused-ring (bicyclic) bond motifs is 1. The molecule has 1 aliphatic rings. The molecule has 0 N–H and O–H groups in total. The summed E-state index contributed by atoms with van der Waals surface area (Å²) in [6, 6.07) is 18.2. The topological polar surface area (TPSA) is 49.7 Å². The van der Waals surface area contributed by atoms with Crippen molar-refractivity contribution in [2.75, 3.05) is 11.3 Å². The molecule has 0 aliphatic carbocycles. The molecule has 0 bridgehead atoms. The van der Waals surface area contributed by atoms with E-state index >= 15 is 0 Å². The Bertz CT molecular complexity index is 1200. The lowest BCUT2D eigenvalue weighted by Crippen LogP contribution is -2.21. The van der Waals surface area contributed by atoms with Gasteiger partial charge >= 0.3 is 6.18 Å². The summed E-state index contributed by atoms with van der Waals surface area (Å²) < 4.78 is 63.5. The highest BCUT2D eigenvalue weighted by Gasteiger charge is 2.43. The van der Waals surface area contributed by atoms with Gasteiger partial charge in [-0.25, -0.2) is 8.42 Å². The summed E-state index contributed by atoms with van der Waals surface area (Å²) in [5.41, 5.74) is 0.247. The third kappa shape index (κ3) is 3.85. The second-order valence-corrected chi connectivity index (χ2v) is 9.00. The molecule has 0 radical (unpaired) electrons. The summed E-state index contributed by atoms with van der Waals surface area (Å²) in [6.45, 7) is 0. The van der Waals surface area contributed by atoms with Crippen molar-refractivity contribution in [2.45, 2.75) is 23.5 Å². The van der Waals surface area contributed by atoms with E-state index in [4.69, 9.17) is 0 Å². The van der Waals surface area contributed by atoms with Crippen molar-refractivity contribution in [2.24, 2.45) is 5.10 Å². The molecule has 1 unspecified atom stereocenters. The van der Waals surface area contributed by atoms with Crippen LogP contribution in [0.1, 0.15) is 18.0 Å². The van der Waals surface area contributed by atoms with Gasteiger partial charge in [-0.3, -0.25) is 5.01 Å². The van der Waals surface area contributed by atoms with Crippen LogP contribution < -0.4 is 5.01 Å². The maximum Gasteiger partial charge on any atom is 0.431 e. The number of alkyl halides is 3. The maximum atomic E-state index is 13.4. The molecule has 1 aliphatic heterocycles. The molecule has 1 heterocycles. The van der Waals surface area contributed by atoms with Crippen LogP contribution in [0.5, 0.6) is 0 Å². The van der Waals surface area contributed by atoms with E-state index in [9.17, 15) is 21.6 Å². The molecule has 0 spiro atoms. The molecule has 4 rings (SSSR count). The quantitative estimate of drug-likeness (QED) is 0.594. The normalized spacial score (nSPS) is 17.6. The Hall–Kier alpha value is -2.87. The van der Waals surface area contributed by atoms with Gasteiger partial charge in [-0.05, 0) is 46.7 Å². The average molecular weight is 418 g/mol. The third-order valence-electron chi connectivity index (χ3n) is 4.93. The summed E-state index contributed by atoms with van der Waals surface area (Å²) in [5, 5.41) is 7.08. The van der Waals surface area contributed by atoms with Crippen LogP contribution in [0, 0.1) is 0 Å². The smallest absolute Gasteiger partial charge is 0.257 e. The fourth-order valence-electron chi connectivity index (χ4n) is 3.44. The van der Waals surface area contributed by atoms with Crippen LogP contribution in [0.25, 0.3) is 10.8 Å². The molecule has 150 valence electrons. The molecular weight excluding hydrogens is 401 g/mol. The predicted octanol–water partition coefficient (Wildman–Crippen LogP) is 5.11. The monoisotopic (exact) mass is 418 g/mol. The Labute approximate surface area is 166 Å². The van der Waals surface area contributed by atoms with Gasteiger partial charge in [-0.2, -0.15) is 18.3 Å². The maximum absolute atomic E-state index is 13.4. The minimum absolute atomic E-state index is 0.0997. The second-order valence-electron chi connectivity index (χ2n) is 6.98. The van der Waals surface area contributed by atoms with Crippen molar-refractivity contribution in [3.05, 3.63) is 72.3 Å². The summed E-state index contributed by atoms with van der Waals surface area (Å²) in [4.78, 5) is 0.0997. The number of sulfone groups is 1. The first kappa shape index (κ1) is 19.4. The Morgan fingerprint density at radius 2 is 1.62 bits per heavy atom. The van der Waals surface area contributed by atoms with Crippen LogP contribution in [0.3, 0.4) is 0 Å². The van der Waals surface area contributed by atoms with Gasteiger partial charge in [0.15, 0.2) is 9.84 Å². The number of nitrogens with zero attached hydrogens (tertiary/aromatic N) is 2. The molecule has 8 heteroatoms. The summed E-state index contributed by atoms with van der Waals surface area (Å²) in [7, 11) is -3.40. The largest absolute Gasteiger partial charge is 0.431 e. The molecule has 29 heavy (non-hydrogen) atoms. The van der Waals surface area contributed by atoms with Crippen molar-refractivity contribution in [1.29, 1.82) is 0 Å². The fourth-order valence-corrected chi connectivity index (χ4v) is 4.07. The number of halogens is 3. The summed E-state index contributed by atoms with van der Waals surface area (Å²) >= 11 is 0. The van der Waals surface area contributed by atoms with Crippen molar-refractivity contribution in [1.82, 2.24) is 0 Å². The van der Waals surface area contributed by atoms with E-state index in [1.165, 1.54) is 29.3 Å². The Balaban J connectivity index is 1.77. The van der Waals surface area contributed by atoms with E-state index in [1.807, 2.05) is 36.4 Å². The van der Waals surface area contributed by atoms with Crippen molar-refractivity contribution < 1.29 is 21.6 Å². The Morgan fingerprint density at radius 1 is 0.966 bits per heavy atom. The molecule has 3 aromatic rings. The van der Waals surface area contributed by atoms with Gasteiger partial charge < -0.3 is 0 Å². The summed E-state index contributed by atoms with van der Waals surface area (Å²) in [6.07, 6.45) is -3.73. The minimum atomic E-state index is -4.53. The zero-order valence-corrected chi connectivity index (χ0v) is 16.2. The first-order valence-electron chi connectivity index (χ1n) is 8.86. The van der Waals surface area contributed by atoms with Gasteiger partial charge in [0.1, 0.15) is 5.71 Å². The van der Waals surface area contributed by atoms with Gasteiger partial charge in [0.2, 0.25) is 0 Å². The predicted molar refractivity (Wildman–Crippen MR) is 107 cm³/mol. The van der Waals surface area contributed by atoms with E-state index in [-0.39, 0.29) is 11.3 Å². The fraction of sp³-hybridized carbons (Fsp3) is 0.190. The van der Waals surface area contributed by atoms with Crippen molar-refractivity contribution in [3.63, 3.8) is 0 Å². The number of hydrogen-bond donors (Lipinski definition) is 0. The Morgan fingerprint density at radius 3 is 2.24 bits per heavy atom. The second kappa shape index (κ2) is 6.88. The molecule has 0 saturated heterocycles. The van der Waals surface area contributed by atoms with Crippen molar-refractivity contribution >= 4 is 32.0 Å². The zero-order chi connectivity index (χ0) is 20.8. The average Bonchev–Trinajstić information content (AvgIpc) is 3.13. The molecule has 1 atom stereocenters. The third-order valence-corrected chi connectivity index (χ3v) is 6.05. The van der Waals surface area contributed by atoms with E-state index in [0.29, 0.717) is 11.3 Å². The lowest BCUT2D eigenvalue weighted by molar-refractivity contribution is -0.0600. The number of hydrazone groups is 1. The molecule has 0 aromatic heterocycles. The molecule has 0 saturated carbocycles. The van der Waals surface area contributed by atoms with Gasteiger partial charge in [0.05, 0.1) is 16.6 Å². The van der Waals surface area contributed by atoms with Gasteiger partial charge in [0, 0.05) is 12.7 Å². The van der Waals surface area contributed by atoms with Gasteiger partial charge in [-0.15, -0.1) is 0 Å². The molecule has 0 fully saturated rings.